The number of aromatic nitrogens is 2. The number of nitrogens with zero attached hydrogens (tertiary/aromatic N) is 2. The van der Waals surface area contributed by atoms with Crippen LogP contribution >= 0.6 is 0 Å². The van der Waals surface area contributed by atoms with Crippen molar-refractivity contribution >= 4 is 28.7 Å². The van der Waals surface area contributed by atoms with E-state index in [9.17, 15) is 4.79 Å². The third kappa shape index (κ3) is 6.48. The van der Waals surface area contributed by atoms with Gasteiger partial charge < -0.3 is 20.0 Å². The average Bonchev–Trinajstić information content (AvgIpc) is 3.18. The molecule has 0 unspecified atom stereocenters. The van der Waals surface area contributed by atoms with Crippen molar-refractivity contribution in [1.82, 2.24) is 9.97 Å². The molecule has 0 radical (unpaired) electrons. The van der Waals surface area contributed by atoms with Gasteiger partial charge in [0.1, 0.15) is 12.1 Å². The predicted molar refractivity (Wildman–Crippen MR) is 125 cm³/mol. The van der Waals surface area contributed by atoms with Crippen molar-refractivity contribution in [3.05, 3.63) is 18.0 Å². The number of unbranched alkanes of at least 4 members (excludes halogenated alkanes) is 3. The molecule has 5 heteroatoms. The summed E-state index contributed by atoms with van der Waals surface area (Å²) in [6.07, 6.45) is 11.8. The van der Waals surface area contributed by atoms with Gasteiger partial charge in [-0.05, 0) is 45.2 Å². The molecule has 1 fully saturated rings. The van der Waals surface area contributed by atoms with Crippen LogP contribution in [0.1, 0.15) is 90.3 Å². The first-order chi connectivity index (χ1) is 14.2. The smallest absolute Gasteiger partial charge is 0.119 e. The molecule has 1 aliphatic rings. The molecule has 0 bridgehead atoms. The van der Waals surface area contributed by atoms with Crippen molar-refractivity contribution < 1.29 is 4.79 Å². The molecule has 5 nitrogen and oxygen atoms in total. The minimum Gasteiger partial charge on any atom is -0.386 e. The van der Waals surface area contributed by atoms with Crippen LogP contribution in [-0.2, 0) is 4.79 Å². The maximum Gasteiger partial charge on any atom is 0.119 e. The van der Waals surface area contributed by atoms with Gasteiger partial charge in [-0.25, -0.2) is 4.98 Å². The number of nitrogens with one attached hydrogen (secondary N) is 2. The Morgan fingerprint density at radius 3 is 2.45 bits per heavy atom. The largest absolute Gasteiger partial charge is 0.386 e. The van der Waals surface area contributed by atoms with Gasteiger partial charge in [0.2, 0.25) is 0 Å². The Labute approximate surface area is 176 Å². The molecular formula is C24H40N4O. The number of hydrogen-bond acceptors (Lipinski definition) is 4. The Morgan fingerprint density at radius 2 is 1.86 bits per heavy atom. The number of rotatable bonds is 9. The van der Waals surface area contributed by atoms with Gasteiger partial charge in [-0.2, -0.15) is 0 Å². The SMILES string of the molecule is CCCCCC=O.CCN(CC)c1cc2nc(C3CCCCC3)[nH]c2cc1NC. The Bertz CT molecular complexity index is 730. The van der Waals surface area contributed by atoms with Crippen LogP contribution in [0.2, 0.25) is 0 Å². The molecular weight excluding hydrogens is 360 g/mol. The van der Waals surface area contributed by atoms with E-state index in [0.717, 1.165) is 43.3 Å². The van der Waals surface area contributed by atoms with Gasteiger partial charge in [0.05, 0.1) is 22.4 Å². The second kappa shape index (κ2) is 12.5. The van der Waals surface area contributed by atoms with Crippen molar-refractivity contribution in [2.24, 2.45) is 0 Å². The minimum absolute atomic E-state index is 0.621. The molecule has 29 heavy (non-hydrogen) atoms. The Kier molecular flexibility index (Phi) is 10.0. The fraction of sp³-hybridized carbons (Fsp3) is 0.667. The highest BCUT2D eigenvalue weighted by molar-refractivity contribution is 5.88. The first-order valence-corrected chi connectivity index (χ1v) is 11.6. The molecule has 0 aliphatic heterocycles. The van der Waals surface area contributed by atoms with Crippen LogP contribution in [0.4, 0.5) is 11.4 Å². The maximum atomic E-state index is 9.68. The highest BCUT2D eigenvalue weighted by Crippen LogP contribution is 2.35. The topological polar surface area (TPSA) is 61.0 Å². The van der Waals surface area contributed by atoms with Crippen LogP contribution in [0, 0.1) is 0 Å². The van der Waals surface area contributed by atoms with Crippen LogP contribution in [-0.4, -0.2) is 36.4 Å². The van der Waals surface area contributed by atoms with Gasteiger partial charge in [0.25, 0.3) is 0 Å². The molecule has 162 valence electrons. The normalized spacial score (nSPS) is 14.3. The van der Waals surface area contributed by atoms with Crippen molar-refractivity contribution in [3.63, 3.8) is 0 Å². The van der Waals surface area contributed by atoms with E-state index >= 15 is 0 Å². The molecule has 0 spiro atoms. The summed E-state index contributed by atoms with van der Waals surface area (Å²) >= 11 is 0. The van der Waals surface area contributed by atoms with Crippen molar-refractivity contribution in [3.8, 4) is 0 Å². The summed E-state index contributed by atoms with van der Waals surface area (Å²) in [5.74, 6) is 1.81. The number of carbonyl (C=O) groups is 1. The molecule has 0 atom stereocenters. The summed E-state index contributed by atoms with van der Waals surface area (Å²) in [5, 5.41) is 3.34. The van der Waals surface area contributed by atoms with E-state index in [2.05, 4.69) is 48.1 Å². The number of carbonyl (C=O) groups excluding carboxylic acids is 1. The second-order valence-corrected chi connectivity index (χ2v) is 7.93. The lowest BCUT2D eigenvalue weighted by atomic mass is 9.89. The molecule has 1 saturated carbocycles. The zero-order valence-corrected chi connectivity index (χ0v) is 18.9. The van der Waals surface area contributed by atoms with Crippen LogP contribution < -0.4 is 10.2 Å². The van der Waals surface area contributed by atoms with Crippen molar-refractivity contribution in [2.45, 2.75) is 84.5 Å². The van der Waals surface area contributed by atoms with Crippen molar-refractivity contribution in [2.75, 3.05) is 30.4 Å². The van der Waals surface area contributed by atoms with E-state index in [1.54, 1.807) is 0 Å². The Morgan fingerprint density at radius 1 is 1.14 bits per heavy atom. The van der Waals surface area contributed by atoms with Gasteiger partial charge in [0, 0.05) is 32.5 Å². The lowest BCUT2D eigenvalue weighted by Gasteiger charge is -2.23. The third-order valence-electron chi connectivity index (χ3n) is 5.91. The van der Waals surface area contributed by atoms with E-state index < -0.39 is 0 Å². The minimum atomic E-state index is 0.621. The van der Waals surface area contributed by atoms with Gasteiger partial charge >= 0.3 is 0 Å². The van der Waals surface area contributed by atoms with Gasteiger partial charge in [-0.15, -0.1) is 0 Å². The zero-order valence-electron chi connectivity index (χ0n) is 18.9. The van der Waals surface area contributed by atoms with Crippen molar-refractivity contribution in [1.29, 1.82) is 0 Å². The predicted octanol–water partition coefficient (Wildman–Crippen LogP) is 6.26. The third-order valence-corrected chi connectivity index (χ3v) is 5.91. The molecule has 2 aromatic rings. The summed E-state index contributed by atoms with van der Waals surface area (Å²) in [5.41, 5.74) is 4.68. The number of fused-ring (bicyclic) bond motifs is 1. The average molecular weight is 401 g/mol. The summed E-state index contributed by atoms with van der Waals surface area (Å²) in [7, 11) is 1.99. The maximum absolute atomic E-state index is 9.68. The molecule has 0 saturated heterocycles. The first-order valence-electron chi connectivity index (χ1n) is 11.6. The molecule has 3 rings (SSSR count). The fourth-order valence-electron chi connectivity index (χ4n) is 4.14. The lowest BCUT2D eigenvalue weighted by molar-refractivity contribution is -0.107. The standard InChI is InChI=1S/C18H28N4.C6H12O/c1-4-22(5-2)17-12-15-14(11-16(17)19-3)20-18(21-15)13-9-7-6-8-10-13;1-2-3-4-5-6-7/h11-13,19H,4-10H2,1-3H3,(H,20,21);6H,2-5H2,1H3. The Balaban J connectivity index is 0.000000370. The van der Waals surface area contributed by atoms with Crippen LogP contribution in [0.25, 0.3) is 11.0 Å². The summed E-state index contributed by atoms with van der Waals surface area (Å²) in [6.45, 7) is 8.55. The molecule has 2 N–H and O–H groups in total. The van der Waals surface area contributed by atoms with E-state index in [0.29, 0.717) is 5.92 Å². The number of aldehydes is 1. The summed E-state index contributed by atoms with van der Waals surface area (Å²) in [4.78, 5) is 20.5. The summed E-state index contributed by atoms with van der Waals surface area (Å²) < 4.78 is 0. The van der Waals surface area contributed by atoms with Crippen LogP contribution in [0.5, 0.6) is 0 Å². The molecule has 1 aromatic carbocycles. The number of anilines is 2. The van der Waals surface area contributed by atoms with Crippen LogP contribution in [0.3, 0.4) is 0 Å². The number of H-pyrrole nitrogens is 1. The highest BCUT2D eigenvalue weighted by atomic mass is 16.1. The monoisotopic (exact) mass is 400 g/mol. The van der Waals surface area contributed by atoms with Crippen LogP contribution in [0.15, 0.2) is 12.1 Å². The van der Waals surface area contributed by atoms with Gasteiger partial charge in [0.15, 0.2) is 0 Å². The molecule has 1 aromatic heterocycles. The van der Waals surface area contributed by atoms with E-state index in [1.807, 2.05) is 7.05 Å². The van der Waals surface area contributed by atoms with E-state index in [-0.39, 0.29) is 0 Å². The van der Waals surface area contributed by atoms with E-state index in [1.165, 1.54) is 62.1 Å². The second-order valence-electron chi connectivity index (χ2n) is 7.93. The molecule has 1 aliphatic carbocycles. The zero-order chi connectivity index (χ0) is 21.1. The highest BCUT2D eigenvalue weighted by Gasteiger charge is 2.20. The van der Waals surface area contributed by atoms with Gasteiger partial charge in [-0.1, -0.05) is 39.0 Å². The fourth-order valence-corrected chi connectivity index (χ4v) is 4.14. The van der Waals surface area contributed by atoms with Gasteiger partial charge in [-0.3, -0.25) is 0 Å². The number of aromatic amines is 1. The molecule has 1 heterocycles. The summed E-state index contributed by atoms with van der Waals surface area (Å²) in [6, 6.07) is 4.44. The Hall–Kier alpha value is -2.04. The lowest BCUT2D eigenvalue weighted by Crippen LogP contribution is -2.22. The first kappa shape index (κ1) is 23.2. The number of imidazole rings is 1. The quantitative estimate of drug-likeness (QED) is 0.385. The number of benzene rings is 1. The molecule has 0 amide bonds. The number of hydrogen-bond donors (Lipinski definition) is 2. The van der Waals surface area contributed by atoms with E-state index in [4.69, 9.17) is 4.98 Å².